The third-order valence-electron chi connectivity index (χ3n) is 5.96. The van der Waals surface area contributed by atoms with Crippen LogP contribution >= 0.6 is 24.8 Å². The third-order valence-corrected chi connectivity index (χ3v) is 5.96. The van der Waals surface area contributed by atoms with Gasteiger partial charge in [0.25, 0.3) is 0 Å². The molecule has 3 rings (SSSR count). The normalized spacial score (nSPS) is 23.0. The monoisotopic (exact) mass is 415 g/mol. The zero-order valence-electron chi connectivity index (χ0n) is 16.2. The Morgan fingerprint density at radius 1 is 1.00 bits per heavy atom. The van der Waals surface area contributed by atoms with Crippen LogP contribution in [0.3, 0.4) is 0 Å². The van der Waals surface area contributed by atoms with E-state index >= 15 is 0 Å². The Morgan fingerprint density at radius 3 is 2.33 bits per heavy atom. The lowest BCUT2D eigenvalue weighted by atomic mass is 9.95. The molecule has 4 nitrogen and oxygen atoms in total. The van der Waals surface area contributed by atoms with E-state index in [4.69, 9.17) is 5.73 Å². The zero-order valence-corrected chi connectivity index (χ0v) is 17.8. The van der Waals surface area contributed by atoms with Crippen molar-refractivity contribution < 1.29 is 4.79 Å². The Balaban J connectivity index is 0.00000182. The van der Waals surface area contributed by atoms with E-state index in [0.29, 0.717) is 19.0 Å². The van der Waals surface area contributed by atoms with Gasteiger partial charge >= 0.3 is 0 Å². The van der Waals surface area contributed by atoms with Crippen LogP contribution < -0.4 is 11.1 Å². The van der Waals surface area contributed by atoms with Gasteiger partial charge in [0, 0.05) is 19.0 Å². The molecule has 154 valence electrons. The molecule has 1 aliphatic carbocycles. The first-order valence-electron chi connectivity index (χ1n) is 10.0. The molecular weight excluding hydrogens is 381 g/mol. The second-order valence-corrected chi connectivity index (χ2v) is 7.71. The Hall–Kier alpha value is -0.810. The fourth-order valence-corrected chi connectivity index (χ4v) is 4.40. The maximum atomic E-state index is 12.6. The van der Waals surface area contributed by atoms with E-state index in [0.717, 1.165) is 25.8 Å². The van der Waals surface area contributed by atoms with E-state index in [9.17, 15) is 4.79 Å². The van der Waals surface area contributed by atoms with Gasteiger partial charge in [-0.1, -0.05) is 43.5 Å². The SMILES string of the molecule is Cl.Cl.NC[C@H]1CCC[C@H]1C(=O)NCc1ccccc1CN1CCCCCC1. The molecule has 2 fully saturated rings. The number of nitrogens with one attached hydrogen (secondary N) is 1. The van der Waals surface area contributed by atoms with Crippen molar-refractivity contribution in [1.82, 2.24) is 10.2 Å². The lowest BCUT2D eigenvalue weighted by molar-refractivity contribution is -0.126. The van der Waals surface area contributed by atoms with Crippen molar-refractivity contribution in [2.45, 2.75) is 58.0 Å². The number of nitrogens with two attached hydrogens (primary N) is 1. The minimum atomic E-state index is 0. The lowest BCUT2D eigenvalue weighted by Gasteiger charge is -2.22. The Bertz CT molecular complexity index is 562. The topological polar surface area (TPSA) is 58.4 Å². The molecule has 1 aliphatic heterocycles. The van der Waals surface area contributed by atoms with Gasteiger partial charge in [0.1, 0.15) is 0 Å². The van der Waals surface area contributed by atoms with E-state index in [1.807, 2.05) is 0 Å². The smallest absolute Gasteiger partial charge is 0.223 e. The van der Waals surface area contributed by atoms with Gasteiger partial charge in [-0.2, -0.15) is 0 Å². The molecule has 0 aromatic heterocycles. The van der Waals surface area contributed by atoms with E-state index in [2.05, 4.69) is 34.5 Å². The molecule has 1 heterocycles. The molecule has 1 aromatic rings. The summed E-state index contributed by atoms with van der Waals surface area (Å²) in [5, 5.41) is 3.18. The number of rotatable bonds is 6. The summed E-state index contributed by atoms with van der Waals surface area (Å²) in [6.07, 6.45) is 8.55. The molecule has 1 amide bonds. The quantitative estimate of drug-likeness (QED) is 0.740. The first kappa shape index (κ1) is 24.2. The number of halogens is 2. The summed E-state index contributed by atoms with van der Waals surface area (Å²) in [7, 11) is 0. The van der Waals surface area contributed by atoms with Gasteiger partial charge in [0.05, 0.1) is 0 Å². The minimum absolute atomic E-state index is 0. The molecule has 2 aliphatic rings. The number of nitrogens with zero attached hydrogens (tertiary/aromatic N) is 1. The number of likely N-dealkylation sites (tertiary alicyclic amines) is 1. The minimum Gasteiger partial charge on any atom is -0.352 e. The van der Waals surface area contributed by atoms with Crippen LogP contribution in [0.2, 0.25) is 0 Å². The predicted molar refractivity (Wildman–Crippen MR) is 116 cm³/mol. The van der Waals surface area contributed by atoms with Crippen LogP contribution in [0.25, 0.3) is 0 Å². The average Bonchev–Trinajstić information content (AvgIpc) is 2.98. The van der Waals surface area contributed by atoms with Crippen molar-refractivity contribution in [1.29, 1.82) is 0 Å². The number of hydrogen-bond donors (Lipinski definition) is 2. The standard InChI is InChI=1S/C21H33N3O.2ClH/c22-14-17-10-7-11-20(17)21(25)23-15-18-8-3-4-9-19(18)16-24-12-5-1-2-6-13-24;;/h3-4,8-9,17,20H,1-2,5-7,10-16,22H2,(H,23,25);2*1H/t17-,20-;;/m1../s1. The van der Waals surface area contributed by atoms with Crippen molar-refractivity contribution in [2.75, 3.05) is 19.6 Å². The highest BCUT2D eigenvalue weighted by atomic mass is 35.5. The van der Waals surface area contributed by atoms with E-state index in [1.54, 1.807) is 0 Å². The fraction of sp³-hybridized carbons (Fsp3) is 0.667. The summed E-state index contributed by atoms with van der Waals surface area (Å²) in [5.41, 5.74) is 8.43. The van der Waals surface area contributed by atoms with Crippen LogP contribution in [0.5, 0.6) is 0 Å². The van der Waals surface area contributed by atoms with Gasteiger partial charge in [-0.3, -0.25) is 9.69 Å². The second-order valence-electron chi connectivity index (χ2n) is 7.71. The first-order chi connectivity index (χ1) is 12.3. The van der Waals surface area contributed by atoms with Crippen LogP contribution in [-0.4, -0.2) is 30.4 Å². The summed E-state index contributed by atoms with van der Waals surface area (Å²) in [4.78, 5) is 15.1. The van der Waals surface area contributed by atoms with Gasteiger partial charge in [-0.15, -0.1) is 24.8 Å². The van der Waals surface area contributed by atoms with E-state index in [-0.39, 0.29) is 36.6 Å². The molecule has 0 spiro atoms. The zero-order chi connectivity index (χ0) is 17.5. The molecular formula is C21H35Cl2N3O. The second kappa shape index (κ2) is 12.6. The third kappa shape index (κ3) is 6.94. The fourth-order valence-electron chi connectivity index (χ4n) is 4.40. The van der Waals surface area contributed by atoms with Gasteiger partial charge in [-0.05, 0) is 62.4 Å². The van der Waals surface area contributed by atoms with Crippen LogP contribution in [-0.2, 0) is 17.9 Å². The molecule has 0 unspecified atom stereocenters. The number of carbonyl (C=O) groups excluding carboxylic acids is 1. The maximum absolute atomic E-state index is 12.6. The van der Waals surface area contributed by atoms with Crippen LogP contribution in [0.15, 0.2) is 24.3 Å². The summed E-state index contributed by atoms with van der Waals surface area (Å²) in [5.74, 6) is 0.674. The van der Waals surface area contributed by atoms with Crippen molar-refractivity contribution in [3.05, 3.63) is 35.4 Å². The van der Waals surface area contributed by atoms with Crippen molar-refractivity contribution in [3.63, 3.8) is 0 Å². The maximum Gasteiger partial charge on any atom is 0.223 e. The molecule has 0 radical (unpaired) electrons. The Labute approximate surface area is 176 Å². The van der Waals surface area contributed by atoms with Crippen molar-refractivity contribution in [2.24, 2.45) is 17.6 Å². The highest BCUT2D eigenvalue weighted by Crippen LogP contribution is 2.31. The van der Waals surface area contributed by atoms with Crippen LogP contribution in [0.1, 0.15) is 56.1 Å². The first-order valence-corrected chi connectivity index (χ1v) is 10.0. The van der Waals surface area contributed by atoms with E-state index < -0.39 is 0 Å². The number of carbonyl (C=O) groups is 1. The average molecular weight is 416 g/mol. The largest absolute Gasteiger partial charge is 0.352 e. The lowest BCUT2D eigenvalue weighted by Crippen LogP contribution is -2.35. The molecule has 6 heteroatoms. The van der Waals surface area contributed by atoms with Gasteiger partial charge < -0.3 is 11.1 Å². The molecule has 27 heavy (non-hydrogen) atoms. The van der Waals surface area contributed by atoms with Crippen molar-refractivity contribution >= 4 is 30.7 Å². The molecule has 1 aromatic carbocycles. The molecule has 0 bridgehead atoms. The molecule has 1 saturated carbocycles. The number of hydrogen-bond acceptors (Lipinski definition) is 3. The number of amides is 1. The van der Waals surface area contributed by atoms with Gasteiger partial charge in [-0.25, -0.2) is 0 Å². The Morgan fingerprint density at radius 2 is 1.67 bits per heavy atom. The molecule has 2 atom stereocenters. The van der Waals surface area contributed by atoms with Crippen LogP contribution in [0, 0.1) is 11.8 Å². The van der Waals surface area contributed by atoms with Gasteiger partial charge in [0.2, 0.25) is 5.91 Å². The predicted octanol–water partition coefficient (Wildman–Crippen LogP) is 3.90. The molecule has 3 N–H and O–H groups in total. The van der Waals surface area contributed by atoms with E-state index in [1.165, 1.54) is 49.9 Å². The molecule has 1 saturated heterocycles. The summed E-state index contributed by atoms with van der Waals surface area (Å²) in [6.45, 7) is 4.66. The van der Waals surface area contributed by atoms with Crippen LogP contribution in [0.4, 0.5) is 0 Å². The summed E-state index contributed by atoms with van der Waals surface area (Å²) < 4.78 is 0. The highest BCUT2D eigenvalue weighted by Gasteiger charge is 2.31. The van der Waals surface area contributed by atoms with Crippen molar-refractivity contribution in [3.8, 4) is 0 Å². The van der Waals surface area contributed by atoms with Gasteiger partial charge in [0.15, 0.2) is 0 Å². The summed E-state index contributed by atoms with van der Waals surface area (Å²) in [6, 6.07) is 8.55. The Kier molecular flexibility index (Phi) is 11.3. The summed E-state index contributed by atoms with van der Waals surface area (Å²) >= 11 is 0. The number of benzene rings is 1. The highest BCUT2D eigenvalue weighted by molar-refractivity contribution is 5.85.